The van der Waals surface area contributed by atoms with E-state index in [9.17, 15) is 22.8 Å². The molecule has 0 spiro atoms. The lowest BCUT2D eigenvalue weighted by molar-refractivity contribution is -0.137. The lowest BCUT2D eigenvalue weighted by Gasteiger charge is -2.21. The van der Waals surface area contributed by atoms with Crippen LogP contribution in [-0.2, 0) is 9.53 Å². The number of carbonyl (C=O) groups is 2. The van der Waals surface area contributed by atoms with Crippen LogP contribution in [0.25, 0.3) is 0 Å². The summed E-state index contributed by atoms with van der Waals surface area (Å²) < 4.78 is 44.2. The topological polar surface area (TPSA) is 78.9 Å². The number of hydrogen-bond acceptors (Lipinski definition) is 3. The van der Waals surface area contributed by atoms with Crippen LogP contribution < -0.4 is 5.32 Å². The highest BCUT2D eigenvalue weighted by molar-refractivity contribution is 5.91. The summed E-state index contributed by atoms with van der Waals surface area (Å²) in [5, 5.41) is 10.6. The summed E-state index contributed by atoms with van der Waals surface area (Å²) in [7, 11) is 1.34. The number of ether oxygens (including phenoxy) is 1. The molecule has 0 fully saturated rings. The minimum Gasteiger partial charge on any atom is -0.480 e. The van der Waals surface area contributed by atoms with Crippen molar-refractivity contribution >= 4 is 17.7 Å². The van der Waals surface area contributed by atoms with Crippen LogP contribution in [0.4, 0.5) is 23.7 Å². The number of carboxylic acid groups (broad SMARTS) is 1. The summed E-state index contributed by atoms with van der Waals surface area (Å²) in [6.45, 7) is -0.742. The first-order valence-electron chi connectivity index (χ1n) is 5.76. The minimum atomic E-state index is -1.30. The maximum atomic E-state index is 13.4. The third-order valence-electron chi connectivity index (χ3n) is 2.42. The van der Waals surface area contributed by atoms with Gasteiger partial charge in [-0.05, 0) is 0 Å². The molecule has 1 rings (SSSR count). The van der Waals surface area contributed by atoms with Crippen molar-refractivity contribution in [1.82, 2.24) is 4.90 Å². The van der Waals surface area contributed by atoms with Gasteiger partial charge in [-0.3, -0.25) is 4.79 Å². The first-order chi connectivity index (χ1) is 9.85. The number of carboxylic acids is 1. The summed E-state index contributed by atoms with van der Waals surface area (Å²) in [5.41, 5.74) is -0.853. The average molecular weight is 306 g/mol. The predicted molar refractivity (Wildman–Crippen MR) is 66.4 cm³/mol. The molecule has 0 aliphatic rings. The van der Waals surface area contributed by atoms with Crippen LogP contribution in [-0.4, -0.2) is 48.8 Å². The van der Waals surface area contributed by atoms with Crippen LogP contribution in [0.3, 0.4) is 0 Å². The van der Waals surface area contributed by atoms with Gasteiger partial charge < -0.3 is 20.1 Å². The van der Waals surface area contributed by atoms with Gasteiger partial charge >= 0.3 is 12.0 Å². The lowest BCUT2D eigenvalue weighted by Crippen LogP contribution is -2.41. The number of urea groups is 1. The Kier molecular flexibility index (Phi) is 5.97. The van der Waals surface area contributed by atoms with Crippen LogP contribution in [0.2, 0.25) is 0 Å². The lowest BCUT2D eigenvalue weighted by atomic mass is 10.3. The molecule has 0 unspecified atom stereocenters. The van der Waals surface area contributed by atoms with Crippen molar-refractivity contribution in [1.29, 1.82) is 0 Å². The number of anilines is 1. The zero-order chi connectivity index (χ0) is 16.0. The molecule has 9 heteroatoms. The highest BCUT2D eigenvalue weighted by Gasteiger charge is 2.20. The third-order valence-corrected chi connectivity index (χ3v) is 2.42. The Labute approximate surface area is 118 Å². The Morgan fingerprint density at radius 2 is 1.86 bits per heavy atom. The van der Waals surface area contributed by atoms with E-state index in [1.54, 1.807) is 0 Å². The fourth-order valence-electron chi connectivity index (χ4n) is 1.46. The molecule has 0 radical (unpaired) electrons. The third kappa shape index (κ3) is 4.95. The average Bonchev–Trinajstić information content (AvgIpc) is 2.38. The Morgan fingerprint density at radius 3 is 2.33 bits per heavy atom. The van der Waals surface area contributed by atoms with Crippen molar-refractivity contribution in [3.63, 3.8) is 0 Å². The van der Waals surface area contributed by atoms with Crippen molar-refractivity contribution in [3.05, 3.63) is 29.6 Å². The Balaban J connectivity index is 2.88. The van der Waals surface area contributed by atoms with Crippen molar-refractivity contribution in [3.8, 4) is 0 Å². The molecule has 0 aliphatic carbocycles. The molecule has 1 aromatic rings. The number of halogens is 3. The SMILES string of the molecule is COCCN(CC(=O)O)C(=O)Nc1c(F)cc(F)cc1F. The van der Waals surface area contributed by atoms with Crippen LogP contribution in [0.5, 0.6) is 0 Å². The van der Waals surface area contributed by atoms with Gasteiger partial charge in [-0.2, -0.15) is 0 Å². The van der Waals surface area contributed by atoms with Gasteiger partial charge in [0, 0.05) is 25.8 Å². The molecule has 0 aromatic heterocycles. The van der Waals surface area contributed by atoms with E-state index in [4.69, 9.17) is 9.84 Å². The molecule has 0 saturated heterocycles. The largest absolute Gasteiger partial charge is 0.480 e. The molecular formula is C12H13F3N2O4. The monoisotopic (exact) mass is 306 g/mol. The maximum absolute atomic E-state index is 13.4. The van der Waals surface area contributed by atoms with E-state index in [1.165, 1.54) is 7.11 Å². The highest BCUT2D eigenvalue weighted by atomic mass is 19.1. The molecule has 6 nitrogen and oxygen atoms in total. The van der Waals surface area contributed by atoms with E-state index in [2.05, 4.69) is 0 Å². The summed E-state index contributed by atoms with van der Waals surface area (Å²) in [5.74, 6) is -5.04. The molecule has 116 valence electrons. The number of hydrogen-bond donors (Lipinski definition) is 2. The Hall–Kier alpha value is -2.29. The number of aliphatic carboxylic acids is 1. The first kappa shape index (κ1) is 16.8. The summed E-state index contributed by atoms with van der Waals surface area (Å²) in [4.78, 5) is 23.2. The molecule has 2 N–H and O–H groups in total. The second-order valence-electron chi connectivity index (χ2n) is 3.98. The maximum Gasteiger partial charge on any atom is 0.323 e. The van der Waals surface area contributed by atoms with Crippen molar-refractivity contribution in [2.24, 2.45) is 0 Å². The molecule has 21 heavy (non-hydrogen) atoms. The summed E-state index contributed by atoms with van der Waals surface area (Å²) in [6, 6.07) is -0.246. The standard InChI is InChI=1S/C12H13F3N2O4/c1-21-3-2-17(6-10(18)19)12(20)16-11-8(14)4-7(13)5-9(11)15/h4-5H,2-3,6H2,1H3,(H,16,20)(H,18,19). The quantitative estimate of drug-likeness (QED) is 0.838. The van der Waals surface area contributed by atoms with E-state index in [1.807, 2.05) is 5.32 Å². The van der Waals surface area contributed by atoms with Crippen LogP contribution in [0.15, 0.2) is 12.1 Å². The van der Waals surface area contributed by atoms with Gasteiger partial charge in [-0.1, -0.05) is 0 Å². The fraction of sp³-hybridized carbons (Fsp3) is 0.333. The van der Waals surface area contributed by atoms with Gasteiger partial charge in [0.15, 0.2) is 11.6 Å². The van der Waals surface area contributed by atoms with Crippen LogP contribution in [0.1, 0.15) is 0 Å². The van der Waals surface area contributed by atoms with E-state index in [0.29, 0.717) is 12.1 Å². The van der Waals surface area contributed by atoms with Crippen LogP contribution >= 0.6 is 0 Å². The van der Waals surface area contributed by atoms with Crippen molar-refractivity contribution in [2.45, 2.75) is 0 Å². The second kappa shape index (κ2) is 7.48. The number of nitrogens with zero attached hydrogens (tertiary/aromatic N) is 1. The number of rotatable bonds is 6. The predicted octanol–water partition coefficient (Wildman–Crippen LogP) is 1.67. The number of nitrogens with one attached hydrogen (secondary N) is 1. The Bertz CT molecular complexity index is 516. The normalized spacial score (nSPS) is 10.3. The van der Waals surface area contributed by atoms with Crippen molar-refractivity contribution in [2.75, 3.05) is 32.1 Å². The van der Waals surface area contributed by atoms with E-state index in [-0.39, 0.29) is 13.2 Å². The van der Waals surface area contributed by atoms with Gasteiger partial charge in [-0.25, -0.2) is 18.0 Å². The minimum absolute atomic E-state index is 0.0368. The molecular weight excluding hydrogens is 293 g/mol. The number of amides is 2. The zero-order valence-electron chi connectivity index (χ0n) is 11.0. The summed E-state index contributed by atoms with van der Waals surface area (Å²) >= 11 is 0. The summed E-state index contributed by atoms with van der Waals surface area (Å²) in [6.07, 6.45) is 0. The second-order valence-corrected chi connectivity index (χ2v) is 3.98. The molecule has 0 saturated carbocycles. The van der Waals surface area contributed by atoms with E-state index in [0.717, 1.165) is 4.90 Å². The molecule has 0 bridgehead atoms. The van der Waals surface area contributed by atoms with Gasteiger partial charge in [0.2, 0.25) is 0 Å². The molecule has 2 amide bonds. The van der Waals surface area contributed by atoms with Gasteiger partial charge in [0.1, 0.15) is 18.0 Å². The van der Waals surface area contributed by atoms with Gasteiger partial charge in [-0.15, -0.1) is 0 Å². The van der Waals surface area contributed by atoms with Crippen LogP contribution in [0, 0.1) is 17.5 Å². The van der Waals surface area contributed by atoms with E-state index < -0.39 is 41.7 Å². The Morgan fingerprint density at radius 1 is 1.29 bits per heavy atom. The molecule has 0 atom stereocenters. The van der Waals surface area contributed by atoms with Crippen molar-refractivity contribution < 1.29 is 32.6 Å². The molecule has 0 aliphatic heterocycles. The number of benzene rings is 1. The van der Waals surface area contributed by atoms with Gasteiger partial charge in [0.25, 0.3) is 0 Å². The fourth-order valence-corrected chi connectivity index (χ4v) is 1.46. The highest BCUT2D eigenvalue weighted by Crippen LogP contribution is 2.20. The van der Waals surface area contributed by atoms with E-state index >= 15 is 0 Å². The number of methoxy groups -OCH3 is 1. The molecule has 0 heterocycles. The molecule has 1 aromatic carbocycles. The number of carbonyl (C=O) groups excluding carboxylic acids is 1. The first-order valence-corrected chi connectivity index (χ1v) is 5.76. The zero-order valence-corrected chi connectivity index (χ0v) is 11.0. The van der Waals surface area contributed by atoms with Gasteiger partial charge in [0.05, 0.1) is 6.61 Å². The smallest absolute Gasteiger partial charge is 0.323 e.